The summed E-state index contributed by atoms with van der Waals surface area (Å²) in [4.78, 5) is 20.7. The number of hydrogen-bond acceptors (Lipinski definition) is 5. The van der Waals surface area contributed by atoms with Gasteiger partial charge >= 0.3 is 0 Å². The normalized spacial score (nSPS) is 12.1. The molecule has 0 saturated heterocycles. The van der Waals surface area contributed by atoms with Gasteiger partial charge in [0.1, 0.15) is 10.0 Å². The molecule has 0 radical (unpaired) electrons. The number of nitrogens with one attached hydrogen (secondary N) is 1. The highest BCUT2D eigenvalue weighted by Crippen LogP contribution is 2.31. The third-order valence-electron chi connectivity index (χ3n) is 3.16. The Hall–Kier alpha value is -1.40. The first-order valence-electron chi connectivity index (χ1n) is 6.84. The molecule has 0 spiro atoms. The van der Waals surface area contributed by atoms with Crippen molar-refractivity contribution in [3.05, 3.63) is 30.2 Å². The SMILES string of the molecule is CCC(CC(=O)Nc1sc(-c2cccnc2)nc1C)SC. The lowest BCUT2D eigenvalue weighted by Gasteiger charge is -2.10. The largest absolute Gasteiger partial charge is 0.316 e. The van der Waals surface area contributed by atoms with Crippen LogP contribution in [-0.4, -0.2) is 27.4 Å². The molecule has 6 heteroatoms. The molecule has 0 bridgehead atoms. The molecule has 4 nitrogen and oxygen atoms in total. The van der Waals surface area contributed by atoms with E-state index in [0.29, 0.717) is 11.7 Å². The predicted molar refractivity (Wildman–Crippen MR) is 90.9 cm³/mol. The van der Waals surface area contributed by atoms with E-state index in [2.05, 4.69) is 22.2 Å². The topological polar surface area (TPSA) is 54.9 Å². The molecule has 2 rings (SSSR count). The molecule has 1 atom stereocenters. The van der Waals surface area contributed by atoms with Gasteiger partial charge in [-0.3, -0.25) is 9.78 Å². The summed E-state index contributed by atoms with van der Waals surface area (Å²) in [5.74, 6) is 0.0562. The Morgan fingerprint density at radius 3 is 2.95 bits per heavy atom. The van der Waals surface area contributed by atoms with Crippen LogP contribution in [0.15, 0.2) is 24.5 Å². The number of pyridine rings is 1. The van der Waals surface area contributed by atoms with Crippen LogP contribution in [0.5, 0.6) is 0 Å². The first kappa shape index (κ1) is 16.0. The van der Waals surface area contributed by atoms with Crippen LogP contribution in [0.25, 0.3) is 10.6 Å². The lowest BCUT2D eigenvalue weighted by Crippen LogP contribution is -2.17. The number of nitrogens with zero attached hydrogens (tertiary/aromatic N) is 2. The number of carbonyl (C=O) groups is 1. The fourth-order valence-electron chi connectivity index (χ4n) is 1.90. The molecule has 1 unspecified atom stereocenters. The number of thiazole rings is 1. The second-order valence-corrected chi connectivity index (χ2v) is 6.83. The number of carbonyl (C=O) groups excluding carboxylic acids is 1. The van der Waals surface area contributed by atoms with Crippen LogP contribution in [-0.2, 0) is 4.79 Å². The van der Waals surface area contributed by atoms with E-state index in [1.807, 2.05) is 25.3 Å². The number of amides is 1. The number of anilines is 1. The molecule has 2 aromatic rings. The summed E-state index contributed by atoms with van der Waals surface area (Å²) in [5, 5.41) is 5.06. The zero-order valence-electron chi connectivity index (χ0n) is 12.4. The van der Waals surface area contributed by atoms with Crippen LogP contribution < -0.4 is 5.32 Å². The lowest BCUT2D eigenvalue weighted by molar-refractivity contribution is -0.116. The van der Waals surface area contributed by atoms with Crippen molar-refractivity contribution in [3.8, 4) is 10.6 Å². The van der Waals surface area contributed by atoms with E-state index < -0.39 is 0 Å². The molecule has 2 aromatic heterocycles. The third-order valence-corrected chi connectivity index (χ3v) is 5.45. The Bertz CT molecular complexity index is 594. The second kappa shape index (κ2) is 7.56. The van der Waals surface area contributed by atoms with Crippen molar-refractivity contribution in [2.24, 2.45) is 0 Å². The third kappa shape index (κ3) is 4.28. The van der Waals surface area contributed by atoms with Crippen molar-refractivity contribution < 1.29 is 4.79 Å². The molecule has 1 amide bonds. The average Bonchev–Trinajstić information content (AvgIpc) is 2.87. The average molecular weight is 321 g/mol. The summed E-state index contributed by atoms with van der Waals surface area (Å²) in [6.07, 6.45) is 7.10. The number of rotatable bonds is 6. The molecule has 21 heavy (non-hydrogen) atoms. The molecule has 0 aliphatic carbocycles. The van der Waals surface area contributed by atoms with E-state index in [-0.39, 0.29) is 5.91 Å². The minimum Gasteiger partial charge on any atom is -0.316 e. The van der Waals surface area contributed by atoms with Crippen LogP contribution in [0.1, 0.15) is 25.5 Å². The summed E-state index contributed by atoms with van der Waals surface area (Å²) >= 11 is 3.23. The van der Waals surface area contributed by atoms with Crippen molar-refractivity contribution in [3.63, 3.8) is 0 Å². The Balaban J connectivity index is 2.08. The van der Waals surface area contributed by atoms with Gasteiger partial charge < -0.3 is 5.32 Å². The second-order valence-electron chi connectivity index (χ2n) is 4.69. The molecule has 112 valence electrons. The highest BCUT2D eigenvalue weighted by atomic mass is 32.2. The Morgan fingerprint density at radius 1 is 1.52 bits per heavy atom. The summed E-state index contributed by atoms with van der Waals surface area (Å²) in [6.45, 7) is 4.02. The van der Waals surface area contributed by atoms with Gasteiger partial charge in [-0.15, -0.1) is 0 Å². The molecular weight excluding hydrogens is 302 g/mol. The van der Waals surface area contributed by atoms with Gasteiger partial charge in [0, 0.05) is 29.6 Å². The van der Waals surface area contributed by atoms with Gasteiger partial charge in [0.2, 0.25) is 5.91 Å². The smallest absolute Gasteiger partial charge is 0.226 e. The highest BCUT2D eigenvalue weighted by molar-refractivity contribution is 7.99. The molecule has 1 N–H and O–H groups in total. The lowest BCUT2D eigenvalue weighted by atomic mass is 10.2. The first-order chi connectivity index (χ1) is 10.1. The highest BCUT2D eigenvalue weighted by Gasteiger charge is 2.15. The number of aryl methyl sites for hydroxylation is 1. The van der Waals surface area contributed by atoms with Crippen molar-refractivity contribution in [1.29, 1.82) is 0 Å². The zero-order chi connectivity index (χ0) is 15.2. The maximum absolute atomic E-state index is 12.1. The summed E-state index contributed by atoms with van der Waals surface area (Å²) in [7, 11) is 0. The van der Waals surface area contributed by atoms with Gasteiger partial charge in [-0.05, 0) is 31.7 Å². The minimum atomic E-state index is 0.0562. The fraction of sp³-hybridized carbons (Fsp3) is 0.400. The van der Waals surface area contributed by atoms with Gasteiger partial charge in [-0.2, -0.15) is 11.8 Å². The predicted octanol–water partition coefficient (Wildman–Crippen LogP) is 3.98. The van der Waals surface area contributed by atoms with Gasteiger partial charge in [0.05, 0.1) is 5.69 Å². The maximum atomic E-state index is 12.1. The van der Waals surface area contributed by atoms with E-state index in [1.165, 1.54) is 11.3 Å². The number of hydrogen-bond donors (Lipinski definition) is 1. The van der Waals surface area contributed by atoms with Crippen molar-refractivity contribution in [1.82, 2.24) is 9.97 Å². The molecule has 0 aromatic carbocycles. The van der Waals surface area contributed by atoms with E-state index in [9.17, 15) is 4.79 Å². The molecular formula is C15H19N3OS2. The van der Waals surface area contributed by atoms with Crippen LogP contribution in [0, 0.1) is 6.92 Å². The van der Waals surface area contributed by atoms with Crippen LogP contribution >= 0.6 is 23.1 Å². The Labute approximate surface area is 133 Å². The fourth-order valence-corrected chi connectivity index (χ4v) is 3.53. The monoisotopic (exact) mass is 321 g/mol. The zero-order valence-corrected chi connectivity index (χ0v) is 14.1. The standard InChI is InChI=1S/C15H19N3OS2/c1-4-12(20-3)8-13(19)18-14-10(2)17-15(21-14)11-6-5-7-16-9-11/h5-7,9,12H,4,8H2,1-3H3,(H,18,19). The Morgan fingerprint density at radius 2 is 2.33 bits per heavy atom. The summed E-state index contributed by atoms with van der Waals surface area (Å²) < 4.78 is 0. The maximum Gasteiger partial charge on any atom is 0.226 e. The van der Waals surface area contributed by atoms with Crippen molar-refractivity contribution in [2.45, 2.75) is 31.9 Å². The van der Waals surface area contributed by atoms with Gasteiger partial charge in [0.25, 0.3) is 0 Å². The van der Waals surface area contributed by atoms with Gasteiger partial charge in [-0.1, -0.05) is 18.3 Å². The molecule has 0 aliphatic rings. The molecule has 0 aliphatic heterocycles. The van der Waals surface area contributed by atoms with Crippen molar-refractivity contribution in [2.75, 3.05) is 11.6 Å². The van der Waals surface area contributed by atoms with Crippen LogP contribution in [0.3, 0.4) is 0 Å². The first-order valence-corrected chi connectivity index (χ1v) is 8.95. The molecule has 0 saturated carbocycles. The van der Waals surface area contributed by atoms with E-state index in [4.69, 9.17) is 0 Å². The summed E-state index contributed by atoms with van der Waals surface area (Å²) in [5.41, 5.74) is 1.83. The van der Waals surface area contributed by atoms with Crippen molar-refractivity contribution >= 4 is 34.0 Å². The van der Waals surface area contributed by atoms with Crippen LogP contribution in [0.4, 0.5) is 5.00 Å². The van der Waals surface area contributed by atoms with E-state index >= 15 is 0 Å². The number of aromatic nitrogens is 2. The van der Waals surface area contributed by atoms with Gasteiger partial charge in [0.15, 0.2) is 0 Å². The minimum absolute atomic E-state index is 0.0562. The molecule has 0 fully saturated rings. The van der Waals surface area contributed by atoms with Gasteiger partial charge in [-0.25, -0.2) is 4.98 Å². The van der Waals surface area contributed by atoms with Crippen LogP contribution in [0.2, 0.25) is 0 Å². The number of thioether (sulfide) groups is 1. The van der Waals surface area contributed by atoms with E-state index in [1.54, 1.807) is 24.2 Å². The summed E-state index contributed by atoms with van der Waals surface area (Å²) in [6, 6.07) is 3.85. The Kier molecular flexibility index (Phi) is 5.76. The van der Waals surface area contributed by atoms with E-state index in [0.717, 1.165) is 27.7 Å². The quantitative estimate of drug-likeness (QED) is 0.874. The molecule has 2 heterocycles.